The van der Waals surface area contributed by atoms with E-state index in [1.54, 1.807) is 0 Å². The number of allylic oxidation sites excluding steroid dienone is 5. The molecule has 0 aliphatic heterocycles. The van der Waals surface area contributed by atoms with E-state index in [1.165, 1.54) is 60.8 Å². The van der Waals surface area contributed by atoms with Gasteiger partial charge in [0.2, 0.25) is 0 Å². The molecular formula is C53H39N3O. The van der Waals surface area contributed by atoms with E-state index in [2.05, 4.69) is 176 Å². The van der Waals surface area contributed by atoms with Crippen LogP contribution in [-0.2, 0) is 11.8 Å². The van der Waals surface area contributed by atoms with Crippen molar-refractivity contribution >= 4 is 55.4 Å². The third-order valence-electron chi connectivity index (χ3n) is 12.8. The maximum absolute atomic E-state index is 6.95. The first kappa shape index (κ1) is 32.5. The first-order chi connectivity index (χ1) is 28.0. The van der Waals surface area contributed by atoms with Crippen LogP contribution in [0.2, 0.25) is 0 Å². The highest BCUT2D eigenvalue weighted by Crippen LogP contribution is 2.53. The summed E-state index contributed by atoms with van der Waals surface area (Å²) in [5.41, 5.74) is 17.4. The molecule has 0 bridgehead atoms. The van der Waals surface area contributed by atoms with Gasteiger partial charge in [0.05, 0.1) is 28.1 Å². The second kappa shape index (κ2) is 12.1. The lowest BCUT2D eigenvalue weighted by atomic mass is 9.82. The van der Waals surface area contributed by atoms with E-state index in [1.807, 2.05) is 0 Å². The number of para-hydroxylation sites is 2. The van der Waals surface area contributed by atoms with Crippen LogP contribution in [0.1, 0.15) is 66.2 Å². The summed E-state index contributed by atoms with van der Waals surface area (Å²) >= 11 is 0. The number of hydrogen-bond donors (Lipinski definition) is 0. The van der Waals surface area contributed by atoms with Crippen LogP contribution >= 0.6 is 0 Å². The van der Waals surface area contributed by atoms with Crippen LogP contribution in [0.5, 0.6) is 0 Å². The van der Waals surface area contributed by atoms with Crippen molar-refractivity contribution in [3.63, 3.8) is 0 Å². The molecule has 272 valence electrons. The molecule has 9 aromatic rings. The van der Waals surface area contributed by atoms with Gasteiger partial charge in [-0.15, -0.1) is 0 Å². The lowest BCUT2D eigenvalue weighted by Gasteiger charge is -2.22. The third kappa shape index (κ3) is 4.74. The van der Waals surface area contributed by atoms with Crippen molar-refractivity contribution in [2.45, 2.75) is 44.4 Å². The van der Waals surface area contributed by atoms with E-state index in [0.29, 0.717) is 0 Å². The van der Waals surface area contributed by atoms with Gasteiger partial charge in [0.1, 0.15) is 5.58 Å². The number of fused-ring (bicyclic) bond motifs is 11. The molecule has 0 amide bonds. The van der Waals surface area contributed by atoms with Crippen LogP contribution in [-0.4, -0.2) is 14.5 Å². The fraction of sp³-hybridized carbons (Fsp3) is 0.132. The fourth-order valence-corrected chi connectivity index (χ4v) is 10.1. The summed E-state index contributed by atoms with van der Waals surface area (Å²) in [6.07, 6.45) is 14.2. The van der Waals surface area contributed by atoms with Crippen molar-refractivity contribution in [3.05, 3.63) is 185 Å². The van der Waals surface area contributed by atoms with Gasteiger partial charge >= 0.3 is 0 Å². The molecule has 0 saturated heterocycles. The van der Waals surface area contributed by atoms with Crippen molar-refractivity contribution < 1.29 is 4.42 Å². The molecule has 0 spiro atoms. The fourth-order valence-electron chi connectivity index (χ4n) is 10.1. The van der Waals surface area contributed by atoms with Crippen molar-refractivity contribution in [2.75, 3.05) is 0 Å². The largest absolute Gasteiger partial charge is 0.454 e. The number of furan rings is 1. The second-order valence-electron chi connectivity index (χ2n) is 16.3. The molecule has 1 atom stereocenters. The minimum Gasteiger partial charge on any atom is -0.454 e. The zero-order chi connectivity index (χ0) is 37.8. The lowest BCUT2D eigenvalue weighted by molar-refractivity contribution is 0.660. The Morgan fingerprint density at radius 3 is 2.44 bits per heavy atom. The van der Waals surface area contributed by atoms with Crippen molar-refractivity contribution in [1.82, 2.24) is 14.5 Å². The van der Waals surface area contributed by atoms with Gasteiger partial charge in [-0.05, 0) is 89.1 Å². The van der Waals surface area contributed by atoms with Gasteiger partial charge in [-0.1, -0.05) is 135 Å². The summed E-state index contributed by atoms with van der Waals surface area (Å²) in [5, 5.41) is 4.72. The van der Waals surface area contributed by atoms with Crippen LogP contribution < -0.4 is 0 Å². The number of rotatable bonds is 4. The third-order valence-corrected chi connectivity index (χ3v) is 12.8. The van der Waals surface area contributed by atoms with E-state index in [9.17, 15) is 0 Å². The highest BCUT2D eigenvalue weighted by molar-refractivity contribution is 6.19. The molecule has 0 N–H and O–H groups in total. The molecule has 3 aliphatic carbocycles. The van der Waals surface area contributed by atoms with Gasteiger partial charge in [0.25, 0.3) is 0 Å². The summed E-state index contributed by atoms with van der Waals surface area (Å²) in [7, 11) is 0. The molecule has 1 unspecified atom stereocenters. The number of aromatic nitrogens is 3. The first-order valence-electron chi connectivity index (χ1n) is 20.2. The van der Waals surface area contributed by atoms with Crippen LogP contribution in [0, 0.1) is 0 Å². The first-order valence-corrected chi connectivity index (χ1v) is 20.2. The van der Waals surface area contributed by atoms with Crippen LogP contribution in [0.4, 0.5) is 0 Å². The van der Waals surface area contributed by atoms with E-state index < -0.39 is 0 Å². The van der Waals surface area contributed by atoms with Gasteiger partial charge in [-0.25, -0.2) is 9.97 Å². The molecule has 4 heteroatoms. The SMILES string of the molecule is CC1(C)c2ccccc2-c2c1ccc1c2c2ccccc2n1-c1cccc2c1oc1cc(-c3nc4c(c(C5C=CC(c6ccccc6)=CC5)n3)CCC=C4)ccc12. The monoisotopic (exact) mass is 733 g/mol. The number of hydrogen-bond acceptors (Lipinski definition) is 3. The molecule has 3 aliphatic rings. The molecule has 3 heterocycles. The molecule has 12 rings (SSSR count). The maximum Gasteiger partial charge on any atom is 0.160 e. The Morgan fingerprint density at radius 1 is 0.702 bits per heavy atom. The van der Waals surface area contributed by atoms with Gasteiger partial charge in [0, 0.05) is 44.0 Å². The van der Waals surface area contributed by atoms with Gasteiger partial charge in [-0.3, -0.25) is 0 Å². The maximum atomic E-state index is 6.95. The molecule has 6 aromatic carbocycles. The Kier molecular flexibility index (Phi) is 6.90. The molecule has 0 saturated carbocycles. The lowest BCUT2D eigenvalue weighted by Crippen LogP contribution is -2.14. The number of benzene rings is 6. The summed E-state index contributed by atoms with van der Waals surface area (Å²) in [6, 6.07) is 46.1. The average molecular weight is 734 g/mol. The predicted octanol–water partition coefficient (Wildman–Crippen LogP) is 13.5. The van der Waals surface area contributed by atoms with E-state index in [-0.39, 0.29) is 11.3 Å². The Hall–Kier alpha value is -6.78. The zero-order valence-electron chi connectivity index (χ0n) is 32.0. The average Bonchev–Trinajstić information content (AvgIpc) is 3.89. The Bertz CT molecular complexity index is 3240. The quantitative estimate of drug-likeness (QED) is 0.181. The molecule has 3 aromatic heterocycles. The highest BCUT2D eigenvalue weighted by atomic mass is 16.3. The van der Waals surface area contributed by atoms with Gasteiger partial charge in [-0.2, -0.15) is 0 Å². The minimum absolute atomic E-state index is 0.0748. The molecule has 4 nitrogen and oxygen atoms in total. The molecular weight excluding hydrogens is 695 g/mol. The Balaban J connectivity index is 0.999. The van der Waals surface area contributed by atoms with E-state index in [4.69, 9.17) is 14.4 Å². The van der Waals surface area contributed by atoms with E-state index >= 15 is 0 Å². The topological polar surface area (TPSA) is 43.9 Å². The second-order valence-corrected chi connectivity index (χ2v) is 16.3. The van der Waals surface area contributed by atoms with Crippen LogP contribution in [0.25, 0.3) is 83.6 Å². The van der Waals surface area contributed by atoms with Crippen molar-refractivity contribution in [2.24, 2.45) is 0 Å². The molecule has 0 fully saturated rings. The molecule has 0 radical (unpaired) electrons. The van der Waals surface area contributed by atoms with Crippen molar-refractivity contribution in [3.8, 4) is 28.2 Å². The Labute approximate surface area is 331 Å². The summed E-state index contributed by atoms with van der Waals surface area (Å²) in [4.78, 5) is 10.5. The molecule has 57 heavy (non-hydrogen) atoms. The van der Waals surface area contributed by atoms with E-state index in [0.717, 1.165) is 69.7 Å². The standard InChI is InChI=1S/C53H39N3O/c1-53(2)41-19-9-6-15-38(41)48-42(53)29-30-45-49(48)40-17-8-11-21-44(40)56(45)46-22-12-18-37-36-28-27-35(31-47(36)57-51(37)46)52-54-43-20-10-7-16-39(43)50(55-52)34-25-23-33(24-26-34)32-13-4-3-5-14-32/h3-6,8-15,17-25,27-31,34H,7,16,26H2,1-2H3. The minimum atomic E-state index is -0.0748. The smallest absolute Gasteiger partial charge is 0.160 e. The van der Waals surface area contributed by atoms with Crippen LogP contribution in [0.3, 0.4) is 0 Å². The summed E-state index contributed by atoms with van der Waals surface area (Å²) in [6.45, 7) is 4.70. The predicted molar refractivity (Wildman–Crippen MR) is 235 cm³/mol. The highest BCUT2D eigenvalue weighted by Gasteiger charge is 2.37. The number of nitrogens with zero attached hydrogens (tertiary/aromatic N) is 3. The van der Waals surface area contributed by atoms with Gasteiger partial charge in [0.15, 0.2) is 11.4 Å². The Morgan fingerprint density at radius 2 is 1.54 bits per heavy atom. The van der Waals surface area contributed by atoms with Crippen LogP contribution in [0.15, 0.2) is 156 Å². The summed E-state index contributed by atoms with van der Waals surface area (Å²) < 4.78 is 9.36. The van der Waals surface area contributed by atoms with Crippen molar-refractivity contribution in [1.29, 1.82) is 0 Å². The normalized spacial score (nSPS) is 16.7. The summed E-state index contributed by atoms with van der Waals surface area (Å²) in [5.74, 6) is 0.938. The van der Waals surface area contributed by atoms with Gasteiger partial charge < -0.3 is 8.98 Å². The zero-order valence-corrected chi connectivity index (χ0v) is 32.0.